The second kappa shape index (κ2) is 6.30. The van der Waals surface area contributed by atoms with Gasteiger partial charge in [-0.2, -0.15) is 0 Å². The minimum Gasteiger partial charge on any atom is -0.433 e. The summed E-state index contributed by atoms with van der Waals surface area (Å²) in [5.41, 5.74) is 2.87. The van der Waals surface area contributed by atoms with Crippen molar-refractivity contribution in [2.45, 2.75) is 57.8 Å². The van der Waals surface area contributed by atoms with Gasteiger partial charge in [-0.05, 0) is 36.0 Å². The molecular formula is C22H26O3. The van der Waals surface area contributed by atoms with E-state index >= 15 is 0 Å². The summed E-state index contributed by atoms with van der Waals surface area (Å²) in [7, 11) is 0. The SMILES string of the molecule is CC(C)(C)c1ccc(C(C)(C)C2OC(=O)C(c3ccccc3)O2)cc1. The first-order chi connectivity index (χ1) is 11.7. The summed E-state index contributed by atoms with van der Waals surface area (Å²) in [6.45, 7) is 10.7. The van der Waals surface area contributed by atoms with Crippen molar-refractivity contribution in [2.75, 3.05) is 0 Å². The topological polar surface area (TPSA) is 35.5 Å². The largest absolute Gasteiger partial charge is 0.433 e. The lowest BCUT2D eigenvalue weighted by Gasteiger charge is -2.30. The molecule has 132 valence electrons. The molecule has 0 bridgehead atoms. The van der Waals surface area contributed by atoms with Gasteiger partial charge < -0.3 is 9.47 Å². The first-order valence-electron chi connectivity index (χ1n) is 8.71. The minimum absolute atomic E-state index is 0.109. The molecule has 2 aromatic carbocycles. The Kier molecular flexibility index (Phi) is 4.46. The number of carbonyl (C=O) groups is 1. The number of rotatable bonds is 3. The maximum absolute atomic E-state index is 12.3. The van der Waals surface area contributed by atoms with E-state index in [1.54, 1.807) is 0 Å². The maximum atomic E-state index is 12.3. The molecule has 0 aromatic heterocycles. The summed E-state index contributed by atoms with van der Waals surface area (Å²) in [4.78, 5) is 12.3. The Morgan fingerprint density at radius 2 is 1.36 bits per heavy atom. The lowest BCUT2D eigenvalue weighted by molar-refractivity contribution is -0.149. The summed E-state index contributed by atoms with van der Waals surface area (Å²) < 4.78 is 11.6. The van der Waals surface area contributed by atoms with Crippen molar-refractivity contribution in [3.63, 3.8) is 0 Å². The van der Waals surface area contributed by atoms with Gasteiger partial charge in [0.1, 0.15) is 0 Å². The highest BCUT2D eigenvalue weighted by molar-refractivity contribution is 5.78. The molecule has 1 fully saturated rings. The van der Waals surface area contributed by atoms with Gasteiger partial charge in [0.25, 0.3) is 0 Å². The van der Waals surface area contributed by atoms with Crippen LogP contribution in [0.1, 0.15) is 57.4 Å². The van der Waals surface area contributed by atoms with E-state index in [0.29, 0.717) is 0 Å². The molecule has 1 saturated heterocycles. The van der Waals surface area contributed by atoms with E-state index < -0.39 is 17.8 Å². The fraction of sp³-hybridized carbons (Fsp3) is 0.409. The molecule has 0 amide bonds. The van der Waals surface area contributed by atoms with Crippen LogP contribution in [0.4, 0.5) is 0 Å². The van der Waals surface area contributed by atoms with Gasteiger partial charge in [-0.15, -0.1) is 0 Å². The van der Waals surface area contributed by atoms with Crippen LogP contribution in [-0.2, 0) is 25.1 Å². The molecule has 0 N–H and O–H groups in total. The Hall–Kier alpha value is -2.13. The van der Waals surface area contributed by atoms with E-state index in [-0.39, 0.29) is 11.4 Å². The van der Waals surface area contributed by atoms with Crippen LogP contribution in [0.2, 0.25) is 0 Å². The van der Waals surface area contributed by atoms with Gasteiger partial charge in [-0.3, -0.25) is 0 Å². The Labute approximate surface area is 150 Å². The molecule has 3 heteroatoms. The van der Waals surface area contributed by atoms with Crippen molar-refractivity contribution >= 4 is 5.97 Å². The Morgan fingerprint density at radius 1 is 0.800 bits per heavy atom. The van der Waals surface area contributed by atoms with Crippen molar-refractivity contribution in [3.8, 4) is 0 Å². The fourth-order valence-corrected chi connectivity index (χ4v) is 3.07. The second-order valence-electron chi connectivity index (χ2n) is 8.24. The van der Waals surface area contributed by atoms with Crippen LogP contribution < -0.4 is 0 Å². The molecule has 1 aliphatic rings. The highest BCUT2D eigenvalue weighted by atomic mass is 16.8. The lowest BCUT2D eigenvalue weighted by Crippen LogP contribution is -2.34. The van der Waals surface area contributed by atoms with Crippen LogP contribution >= 0.6 is 0 Å². The van der Waals surface area contributed by atoms with Gasteiger partial charge in [-0.25, -0.2) is 4.79 Å². The summed E-state index contributed by atoms with van der Waals surface area (Å²) >= 11 is 0. The zero-order chi connectivity index (χ0) is 18.2. The molecule has 0 radical (unpaired) electrons. The van der Waals surface area contributed by atoms with Crippen LogP contribution in [0.3, 0.4) is 0 Å². The number of carbonyl (C=O) groups excluding carboxylic acids is 1. The first kappa shape index (κ1) is 17.7. The quantitative estimate of drug-likeness (QED) is 0.747. The van der Waals surface area contributed by atoms with Gasteiger partial charge >= 0.3 is 5.97 Å². The van der Waals surface area contributed by atoms with E-state index in [1.165, 1.54) is 5.56 Å². The van der Waals surface area contributed by atoms with E-state index in [0.717, 1.165) is 11.1 Å². The second-order valence-corrected chi connectivity index (χ2v) is 8.24. The van der Waals surface area contributed by atoms with Crippen molar-refractivity contribution in [2.24, 2.45) is 0 Å². The molecule has 0 aliphatic carbocycles. The standard InChI is InChI=1S/C22H26O3/c1-21(2,3)16-11-13-17(14-12-16)22(4,5)20-24-18(19(23)25-20)15-9-7-6-8-10-15/h6-14,18,20H,1-5H3. The number of esters is 1. The zero-order valence-corrected chi connectivity index (χ0v) is 15.6. The number of ether oxygens (including phenoxy) is 2. The number of hydrogen-bond donors (Lipinski definition) is 0. The van der Waals surface area contributed by atoms with Crippen molar-refractivity contribution < 1.29 is 14.3 Å². The molecular weight excluding hydrogens is 312 g/mol. The molecule has 0 spiro atoms. The van der Waals surface area contributed by atoms with Crippen LogP contribution in [0, 0.1) is 0 Å². The molecule has 25 heavy (non-hydrogen) atoms. The maximum Gasteiger partial charge on any atom is 0.342 e. The average molecular weight is 338 g/mol. The highest BCUT2D eigenvalue weighted by Gasteiger charge is 2.45. The third-order valence-corrected chi connectivity index (χ3v) is 4.88. The van der Waals surface area contributed by atoms with Crippen LogP contribution in [0.15, 0.2) is 54.6 Å². The summed E-state index contributed by atoms with van der Waals surface area (Å²) in [6.07, 6.45) is -1.26. The summed E-state index contributed by atoms with van der Waals surface area (Å²) in [5, 5.41) is 0. The van der Waals surface area contributed by atoms with E-state index in [4.69, 9.17) is 9.47 Å². The fourth-order valence-electron chi connectivity index (χ4n) is 3.07. The molecule has 2 atom stereocenters. The predicted octanol–water partition coefficient (Wildman–Crippen LogP) is 4.90. The average Bonchev–Trinajstić information content (AvgIpc) is 2.98. The lowest BCUT2D eigenvalue weighted by atomic mass is 9.80. The van der Waals surface area contributed by atoms with Crippen molar-refractivity contribution in [3.05, 3.63) is 71.3 Å². The molecule has 3 rings (SSSR count). The summed E-state index contributed by atoms with van der Waals surface area (Å²) in [5.74, 6) is -0.324. The van der Waals surface area contributed by atoms with Crippen LogP contribution in [-0.4, -0.2) is 12.3 Å². The monoisotopic (exact) mass is 338 g/mol. The third-order valence-electron chi connectivity index (χ3n) is 4.88. The first-order valence-corrected chi connectivity index (χ1v) is 8.71. The number of benzene rings is 2. The molecule has 3 nitrogen and oxygen atoms in total. The Morgan fingerprint density at radius 3 is 1.92 bits per heavy atom. The van der Waals surface area contributed by atoms with Gasteiger partial charge in [0.2, 0.25) is 6.29 Å². The van der Waals surface area contributed by atoms with E-state index in [1.807, 2.05) is 44.2 Å². The van der Waals surface area contributed by atoms with Crippen molar-refractivity contribution in [1.82, 2.24) is 0 Å². The number of cyclic esters (lactones) is 1. The Balaban J connectivity index is 1.82. The van der Waals surface area contributed by atoms with E-state index in [9.17, 15) is 4.79 Å². The van der Waals surface area contributed by atoms with Gasteiger partial charge in [0, 0.05) is 0 Å². The molecule has 2 unspecified atom stereocenters. The molecule has 1 heterocycles. The van der Waals surface area contributed by atoms with Gasteiger partial charge in [0.15, 0.2) is 6.10 Å². The summed E-state index contributed by atoms with van der Waals surface area (Å²) in [6, 6.07) is 18.0. The number of hydrogen-bond acceptors (Lipinski definition) is 3. The van der Waals surface area contributed by atoms with Gasteiger partial charge in [-0.1, -0.05) is 75.4 Å². The smallest absolute Gasteiger partial charge is 0.342 e. The minimum atomic E-state index is -0.653. The normalized spacial score (nSPS) is 21.2. The molecule has 2 aromatic rings. The molecule has 1 aliphatic heterocycles. The zero-order valence-electron chi connectivity index (χ0n) is 15.6. The third kappa shape index (κ3) is 3.47. The predicted molar refractivity (Wildman–Crippen MR) is 98.3 cm³/mol. The molecule has 0 saturated carbocycles. The highest BCUT2D eigenvalue weighted by Crippen LogP contribution is 2.39. The van der Waals surface area contributed by atoms with Crippen LogP contribution in [0.5, 0.6) is 0 Å². The Bertz CT molecular complexity index is 739. The van der Waals surface area contributed by atoms with Crippen molar-refractivity contribution in [1.29, 1.82) is 0 Å². The van der Waals surface area contributed by atoms with Gasteiger partial charge in [0.05, 0.1) is 5.41 Å². The van der Waals surface area contributed by atoms with Crippen LogP contribution in [0.25, 0.3) is 0 Å². The van der Waals surface area contributed by atoms with E-state index in [2.05, 4.69) is 45.0 Å².